The summed E-state index contributed by atoms with van der Waals surface area (Å²) in [7, 11) is 0. The number of carbonyl (C=O) groups is 2. The third-order valence-electron chi connectivity index (χ3n) is 4.59. The Morgan fingerprint density at radius 3 is 2.63 bits per heavy atom. The van der Waals surface area contributed by atoms with Crippen LogP contribution in [0, 0.1) is 0 Å². The predicted molar refractivity (Wildman–Crippen MR) is 103 cm³/mol. The van der Waals surface area contributed by atoms with Gasteiger partial charge in [-0.3, -0.25) is 4.79 Å². The Morgan fingerprint density at radius 1 is 1.11 bits per heavy atom. The van der Waals surface area contributed by atoms with Crippen LogP contribution in [0.2, 0.25) is 0 Å². The Hall–Kier alpha value is -3.34. The SMILES string of the molecule is CCOC(=O)C1Cc2c(c(NC(=O)c3ccccc3)cc3ccccc23)O1. The van der Waals surface area contributed by atoms with Crippen molar-refractivity contribution in [3.05, 3.63) is 71.8 Å². The minimum absolute atomic E-state index is 0.226. The van der Waals surface area contributed by atoms with Gasteiger partial charge in [0.25, 0.3) is 5.91 Å². The molecule has 0 bridgehead atoms. The molecule has 1 amide bonds. The molecule has 136 valence electrons. The molecule has 0 aromatic heterocycles. The highest BCUT2D eigenvalue weighted by molar-refractivity contribution is 6.07. The van der Waals surface area contributed by atoms with Crippen LogP contribution in [0.25, 0.3) is 10.8 Å². The predicted octanol–water partition coefficient (Wildman–Crippen LogP) is 3.96. The lowest BCUT2D eigenvalue weighted by Crippen LogP contribution is -2.27. The fraction of sp³-hybridized carbons (Fsp3) is 0.182. The zero-order valence-corrected chi connectivity index (χ0v) is 14.9. The van der Waals surface area contributed by atoms with Crippen LogP contribution in [0.15, 0.2) is 60.7 Å². The van der Waals surface area contributed by atoms with Gasteiger partial charge in [-0.15, -0.1) is 0 Å². The summed E-state index contributed by atoms with van der Waals surface area (Å²) < 4.78 is 11.0. The zero-order chi connectivity index (χ0) is 18.8. The molecule has 3 aromatic carbocycles. The Balaban J connectivity index is 1.73. The maximum absolute atomic E-state index is 12.6. The summed E-state index contributed by atoms with van der Waals surface area (Å²) in [5.41, 5.74) is 2.03. The summed E-state index contributed by atoms with van der Waals surface area (Å²) >= 11 is 0. The molecule has 5 nitrogen and oxygen atoms in total. The quantitative estimate of drug-likeness (QED) is 0.715. The average molecular weight is 361 g/mol. The molecule has 0 saturated carbocycles. The van der Waals surface area contributed by atoms with E-state index in [9.17, 15) is 9.59 Å². The minimum Gasteiger partial charge on any atom is -0.476 e. The van der Waals surface area contributed by atoms with Crippen LogP contribution in [0.1, 0.15) is 22.8 Å². The number of benzene rings is 3. The fourth-order valence-electron chi connectivity index (χ4n) is 3.35. The van der Waals surface area contributed by atoms with Crippen LogP contribution >= 0.6 is 0 Å². The normalized spacial score (nSPS) is 15.1. The first-order valence-corrected chi connectivity index (χ1v) is 8.91. The molecular weight excluding hydrogens is 342 g/mol. The third-order valence-corrected chi connectivity index (χ3v) is 4.59. The van der Waals surface area contributed by atoms with Crippen molar-refractivity contribution < 1.29 is 19.1 Å². The van der Waals surface area contributed by atoms with Gasteiger partial charge in [0.2, 0.25) is 0 Å². The number of esters is 1. The van der Waals surface area contributed by atoms with Gasteiger partial charge in [-0.25, -0.2) is 4.79 Å². The molecule has 0 saturated heterocycles. The van der Waals surface area contributed by atoms with Crippen molar-refractivity contribution in [2.45, 2.75) is 19.4 Å². The lowest BCUT2D eigenvalue weighted by molar-refractivity contribution is -0.150. The molecule has 4 rings (SSSR count). The number of anilines is 1. The number of hydrogen-bond donors (Lipinski definition) is 1. The maximum atomic E-state index is 12.6. The van der Waals surface area contributed by atoms with Crippen molar-refractivity contribution >= 4 is 28.3 Å². The lowest BCUT2D eigenvalue weighted by Gasteiger charge is -2.13. The van der Waals surface area contributed by atoms with Crippen molar-refractivity contribution in [1.82, 2.24) is 0 Å². The van der Waals surface area contributed by atoms with E-state index in [1.165, 1.54) is 0 Å². The molecule has 1 atom stereocenters. The average Bonchev–Trinajstić information content (AvgIpc) is 3.15. The van der Waals surface area contributed by atoms with E-state index in [1.807, 2.05) is 48.5 Å². The van der Waals surface area contributed by atoms with Crippen molar-refractivity contribution in [3.8, 4) is 5.75 Å². The molecule has 5 heteroatoms. The van der Waals surface area contributed by atoms with Gasteiger partial charge < -0.3 is 14.8 Å². The number of nitrogens with one attached hydrogen (secondary N) is 1. The first-order valence-electron chi connectivity index (χ1n) is 8.91. The number of amides is 1. The van der Waals surface area contributed by atoms with Gasteiger partial charge >= 0.3 is 5.97 Å². The number of rotatable bonds is 4. The second-order valence-electron chi connectivity index (χ2n) is 6.34. The number of hydrogen-bond acceptors (Lipinski definition) is 4. The summed E-state index contributed by atoms with van der Waals surface area (Å²) in [5, 5.41) is 4.92. The van der Waals surface area contributed by atoms with Gasteiger partial charge in [0, 0.05) is 17.5 Å². The van der Waals surface area contributed by atoms with E-state index in [0.717, 1.165) is 16.3 Å². The molecule has 0 radical (unpaired) electrons. The first-order chi connectivity index (χ1) is 13.2. The summed E-state index contributed by atoms with van der Waals surface area (Å²) in [6.45, 7) is 2.06. The van der Waals surface area contributed by atoms with Crippen molar-refractivity contribution in [3.63, 3.8) is 0 Å². The maximum Gasteiger partial charge on any atom is 0.347 e. The smallest absolute Gasteiger partial charge is 0.347 e. The summed E-state index contributed by atoms with van der Waals surface area (Å²) in [6.07, 6.45) is -0.276. The number of ether oxygens (including phenoxy) is 2. The lowest BCUT2D eigenvalue weighted by atomic mass is 9.99. The molecule has 0 aliphatic carbocycles. The highest BCUT2D eigenvalue weighted by Crippen LogP contribution is 2.42. The Bertz CT molecular complexity index is 1010. The molecule has 1 aliphatic rings. The third kappa shape index (κ3) is 3.24. The van der Waals surface area contributed by atoms with Gasteiger partial charge in [-0.05, 0) is 35.9 Å². The Labute approximate surface area is 156 Å². The van der Waals surface area contributed by atoms with Crippen molar-refractivity contribution in [1.29, 1.82) is 0 Å². The van der Waals surface area contributed by atoms with Crippen LogP contribution < -0.4 is 10.1 Å². The minimum atomic E-state index is -0.696. The van der Waals surface area contributed by atoms with Gasteiger partial charge in [-0.2, -0.15) is 0 Å². The molecule has 1 unspecified atom stereocenters. The van der Waals surface area contributed by atoms with Gasteiger partial charge in [0.15, 0.2) is 6.10 Å². The second-order valence-corrected chi connectivity index (χ2v) is 6.34. The molecule has 3 aromatic rings. The summed E-state index contributed by atoms with van der Waals surface area (Å²) in [5.74, 6) is -0.0783. The standard InChI is InChI=1S/C22H19NO4/c1-2-26-22(25)19-13-17-16-11-7-6-10-15(16)12-18(20(17)27-19)23-21(24)14-8-4-3-5-9-14/h3-12,19H,2,13H2,1H3,(H,23,24). The Kier molecular flexibility index (Phi) is 4.50. The van der Waals surface area contributed by atoms with Gasteiger partial charge in [0.05, 0.1) is 12.3 Å². The highest BCUT2D eigenvalue weighted by atomic mass is 16.6. The monoisotopic (exact) mass is 361 g/mol. The zero-order valence-electron chi connectivity index (χ0n) is 14.9. The second kappa shape index (κ2) is 7.11. The van der Waals surface area contributed by atoms with Crippen LogP contribution in [-0.4, -0.2) is 24.6 Å². The van der Waals surface area contributed by atoms with E-state index in [0.29, 0.717) is 30.0 Å². The van der Waals surface area contributed by atoms with E-state index in [2.05, 4.69) is 5.32 Å². The topological polar surface area (TPSA) is 64.6 Å². The van der Waals surface area contributed by atoms with Crippen LogP contribution in [0.5, 0.6) is 5.75 Å². The number of carbonyl (C=O) groups excluding carboxylic acids is 2. The van der Waals surface area contributed by atoms with Crippen molar-refractivity contribution in [2.75, 3.05) is 11.9 Å². The van der Waals surface area contributed by atoms with E-state index in [4.69, 9.17) is 9.47 Å². The molecule has 1 aliphatic heterocycles. The number of fused-ring (bicyclic) bond motifs is 3. The van der Waals surface area contributed by atoms with E-state index >= 15 is 0 Å². The molecule has 0 fully saturated rings. The van der Waals surface area contributed by atoms with E-state index < -0.39 is 12.1 Å². The van der Waals surface area contributed by atoms with Crippen LogP contribution in [0.4, 0.5) is 5.69 Å². The van der Waals surface area contributed by atoms with Crippen LogP contribution in [-0.2, 0) is 16.0 Å². The fourth-order valence-corrected chi connectivity index (χ4v) is 3.35. The highest BCUT2D eigenvalue weighted by Gasteiger charge is 2.34. The molecule has 1 N–H and O–H groups in total. The summed E-state index contributed by atoms with van der Waals surface area (Å²) in [4.78, 5) is 24.8. The largest absolute Gasteiger partial charge is 0.476 e. The molecule has 1 heterocycles. The summed E-state index contributed by atoms with van der Waals surface area (Å²) in [6, 6.07) is 18.7. The van der Waals surface area contributed by atoms with Gasteiger partial charge in [0.1, 0.15) is 5.75 Å². The molecular formula is C22H19NO4. The Morgan fingerprint density at radius 2 is 1.85 bits per heavy atom. The van der Waals surface area contributed by atoms with Crippen molar-refractivity contribution in [2.24, 2.45) is 0 Å². The van der Waals surface area contributed by atoms with Gasteiger partial charge in [-0.1, -0.05) is 42.5 Å². The first kappa shape index (κ1) is 17.1. The molecule has 27 heavy (non-hydrogen) atoms. The molecule has 0 spiro atoms. The van der Waals surface area contributed by atoms with Crippen LogP contribution in [0.3, 0.4) is 0 Å². The van der Waals surface area contributed by atoms with E-state index in [1.54, 1.807) is 19.1 Å². The van der Waals surface area contributed by atoms with E-state index in [-0.39, 0.29) is 5.91 Å².